The lowest BCUT2D eigenvalue weighted by Crippen LogP contribution is -2.47. The molecule has 0 heterocycles. The Morgan fingerprint density at radius 3 is 1.26 bits per heavy atom. The van der Waals surface area contributed by atoms with E-state index in [-0.39, 0.29) is 25.1 Å². The number of likely N-dealkylation sites (N-methyl/N-ethyl adjacent to an activating group) is 1. The van der Waals surface area contributed by atoms with Crippen LogP contribution in [0.15, 0.2) is 36.5 Å². The molecule has 0 radical (unpaired) electrons. The van der Waals surface area contributed by atoms with Crippen molar-refractivity contribution in [3.05, 3.63) is 36.5 Å². The maximum absolute atomic E-state index is 13.5. The number of carbonyl (C=O) groups is 2. The molecule has 1 amide bonds. The standard InChI is InChI=1S/C63H121N2O7P/c1-7-10-13-16-19-22-25-27-28-29-30-31-32-33-34-35-36-38-41-43-46-49-52-55-62(66)64-60(59-71-73(68,69)70-58-57-65(4,5)6)61(54-51-48-45-42-40-37-26-23-20-17-14-11-8-2)72-63(67)56-53-50-47-44-39-24-21-18-15-12-9-3/h19,22,27-28,51,54,60-61H,7-18,20-21,23-26,29-50,52-53,55-59H2,1-6H3,(H-,64,66,68,69)/p+1/b22-19-,28-27-,54-51+. The first-order valence-electron chi connectivity index (χ1n) is 31.3. The van der Waals surface area contributed by atoms with Crippen LogP contribution >= 0.6 is 7.82 Å². The lowest BCUT2D eigenvalue weighted by atomic mass is 10.0. The number of ether oxygens (including phenoxy) is 1. The highest BCUT2D eigenvalue weighted by molar-refractivity contribution is 7.47. The maximum atomic E-state index is 13.5. The Morgan fingerprint density at radius 2 is 0.836 bits per heavy atom. The predicted molar refractivity (Wildman–Crippen MR) is 314 cm³/mol. The fraction of sp³-hybridized carbons (Fsp3) is 0.873. The van der Waals surface area contributed by atoms with Crippen LogP contribution in [0.25, 0.3) is 0 Å². The van der Waals surface area contributed by atoms with Crippen LogP contribution in [0, 0.1) is 0 Å². The molecule has 0 aromatic rings. The van der Waals surface area contributed by atoms with Crippen LogP contribution in [0.4, 0.5) is 0 Å². The summed E-state index contributed by atoms with van der Waals surface area (Å²) >= 11 is 0. The van der Waals surface area contributed by atoms with Crippen molar-refractivity contribution < 1.29 is 37.3 Å². The Hall–Kier alpha value is -1.77. The van der Waals surface area contributed by atoms with Gasteiger partial charge in [0.05, 0.1) is 33.8 Å². The molecule has 0 aliphatic rings. The molecule has 3 atom stereocenters. The fourth-order valence-corrected chi connectivity index (χ4v) is 9.94. The smallest absolute Gasteiger partial charge is 0.456 e. The van der Waals surface area contributed by atoms with Crippen LogP contribution in [-0.2, 0) is 27.9 Å². The van der Waals surface area contributed by atoms with Gasteiger partial charge in [-0.1, -0.05) is 263 Å². The number of nitrogens with one attached hydrogen (secondary N) is 1. The van der Waals surface area contributed by atoms with E-state index in [0.29, 0.717) is 23.9 Å². The van der Waals surface area contributed by atoms with Gasteiger partial charge in [-0.2, -0.15) is 0 Å². The molecule has 9 nitrogen and oxygen atoms in total. The van der Waals surface area contributed by atoms with Gasteiger partial charge in [0.25, 0.3) is 0 Å². The van der Waals surface area contributed by atoms with E-state index in [4.69, 9.17) is 13.8 Å². The van der Waals surface area contributed by atoms with Crippen molar-refractivity contribution in [1.29, 1.82) is 0 Å². The summed E-state index contributed by atoms with van der Waals surface area (Å²) in [6.45, 7) is 7.01. The number of allylic oxidation sites excluding steroid dienone is 5. The summed E-state index contributed by atoms with van der Waals surface area (Å²) in [6, 6.07) is -0.843. The molecule has 0 fully saturated rings. The zero-order chi connectivity index (χ0) is 53.6. The highest BCUT2D eigenvalue weighted by Gasteiger charge is 2.30. The van der Waals surface area contributed by atoms with E-state index in [1.54, 1.807) is 0 Å². The quantitative estimate of drug-likeness (QED) is 0.0205. The largest absolute Gasteiger partial charge is 0.472 e. The normalized spacial score (nSPS) is 13.9. The van der Waals surface area contributed by atoms with Crippen LogP contribution in [0.2, 0.25) is 0 Å². The summed E-state index contributed by atoms with van der Waals surface area (Å²) in [7, 11) is 1.51. The van der Waals surface area contributed by atoms with Gasteiger partial charge in [0, 0.05) is 12.8 Å². The molecule has 0 aromatic carbocycles. The number of nitrogens with zero attached hydrogens (tertiary/aromatic N) is 1. The van der Waals surface area contributed by atoms with Gasteiger partial charge >= 0.3 is 13.8 Å². The van der Waals surface area contributed by atoms with Crippen LogP contribution in [-0.4, -0.2) is 74.3 Å². The molecule has 0 bridgehead atoms. The van der Waals surface area contributed by atoms with Crippen molar-refractivity contribution in [2.45, 2.75) is 315 Å². The van der Waals surface area contributed by atoms with E-state index in [1.165, 1.54) is 205 Å². The van der Waals surface area contributed by atoms with E-state index in [2.05, 4.69) is 50.4 Å². The number of phosphoric acid groups is 1. The Balaban J connectivity index is 5.12. The summed E-state index contributed by atoms with van der Waals surface area (Å²) in [5.41, 5.74) is 0. The van der Waals surface area contributed by atoms with Crippen molar-refractivity contribution in [2.24, 2.45) is 0 Å². The van der Waals surface area contributed by atoms with E-state index >= 15 is 0 Å². The summed E-state index contributed by atoms with van der Waals surface area (Å²) < 4.78 is 30.7. The number of quaternary nitrogens is 1. The third kappa shape index (κ3) is 54.8. The minimum Gasteiger partial charge on any atom is -0.456 e. The van der Waals surface area contributed by atoms with Gasteiger partial charge in [0.1, 0.15) is 19.3 Å². The van der Waals surface area contributed by atoms with Crippen LogP contribution < -0.4 is 5.32 Å². The zero-order valence-corrected chi connectivity index (χ0v) is 50.0. The first kappa shape index (κ1) is 71.2. The topological polar surface area (TPSA) is 111 Å². The van der Waals surface area contributed by atoms with Gasteiger partial charge in [-0.05, 0) is 63.9 Å². The number of rotatable bonds is 57. The summed E-state index contributed by atoms with van der Waals surface area (Å²) in [4.78, 5) is 37.6. The monoisotopic (exact) mass is 1050 g/mol. The first-order valence-corrected chi connectivity index (χ1v) is 32.8. The van der Waals surface area contributed by atoms with E-state index in [1.807, 2.05) is 33.3 Å². The second-order valence-electron chi connectivity index (χ2n) is 22.6. The predicted octanol–water partition coefficient (Wildman–Crippen LogP) is 19.1. The molecule has 0 aliphatic heterocycles. The molecule has 0 saturated heterocycles. The molecular formula is C63H122N2O7P+. The van der Waals surface area contributed by atoms with Crippen molar-refractivity contribution in [2.75, 3.05) is 40.9 Å². The molecule has 3 unspecified atom stereocenters. The lowest BCUT2D eigenvalue weighted by Gasteiger charge is -2.27. The Labute approximate surface area is 453 Å². The molecular weight excluding hydrogens is 928 g/mol. The number of hydrogen-bond donors (Lipinski definition) is 2. The fourth-order valence-electron chi connectivity index (χ4n) is 9.21. The summed E-state index contributed by atoms with van der Waals surface area (Å²) in [5.74, 6) is -0.494. The molecule has 0 saturated carbocycles. The number of phosphoric ester groups is 1. The number of hydrogen-bond acceptors (Lipinski definition) is 6. The second kappa shape index (κ2) is 53.6. The van der Waals surface area contributed by atoms with Gasteiger partial charge in [-0.15, -0.1) is 0 Å². The molecule has 2 N–H and O–H groups in total. The molecule has 0 rings (SSSR count). The van der Waals surface area contributed by atoms with Gasteiger partial charge in [0.2, 0.25) is 5.91 Å². The molecule has 0 aromatic heterocycles. The number of carbonyl (C=O) groups excluding carboxylic acids is 2. The van der Waals surface area contributed by atoms with Crippen molar-refractivity contribution >= 4 is 19.7 Å². The average Bonchev–Trinajstić information content (AvgIpc) is 3.35. The number of amides is 1. The maximum Gasteiger partial charge on any atom is 0.472 e. The molecule has 0 spiro atoms. The highest BCUT2D eigenvalue weighted by Crippen LogP contribution is 2.43. The SMILES string of the molecule is CCCCC/C=C\C/C=C\CCCCCCCCCCCCCCCC(=O)NC(COP(=O)(O)OCC[N+](C)(C)C)C(/C=C/CCCCCCCCCCCCC)OC(=O)CCCCCCCCCCCCC. The Kier molecular flexibility index (Phi) is 52.3. The van der Waals surface area contributed by atoms with Crippen molar-refractivity contribution in [3.8, 4) is 0 Å². The lowest BCUT2D eigenvalue weighted by molar-refractivity contribution is -0.870. The Bertz CT molecular complexity index is 1350. The van der Waals surface area contributed by atoms with Crippen LogP contribution in [0.3, 0.4) is 0 Å². The number of unbranched alkanes of at least 4 members (excludes halogenated alkanes) is 37. The summed E-state index contributed by atoms with van der Waals surface area (Å²) in [6.07, 6.45) is 64.2. The first-order chi connectivity index (χ1) is 35.4. The minimum absolute atomic E-state index is 0.0427. The second-order valence-corrected chi connectivity index (χ2v) is 24.0. The molecule has 10 heteroatoms. The van der Waals surface area contributed by atoms with Crippen LogP contribution in [0.1, 0.15) is 303 Å². The Morgan fingerprint density at radius 1 is 0.479 bits per heavy atom. The summed E-state index contributed by atoms with van der Waals surface area (Å²) in [5, 5.41) is 3.06. The molecule has 73 heavy (non-hydrogen) atoms. The third-order valence-electron chi connectivity index (χ3n) is 14.1. The van der Waals surface area contributed by atoms with Gasteiger partial charge in [-0.25, -0.2) is 4.57 Å². The zero-order valence-electron chi connectivity index (χ0n) is 49.1. The van der Waals surface area contributed by atoms with E-state index in [9.17, 15) is 19.0 Å². The van der Waals surface area contributed by atoms with Gasteiger partial charge in [-0.3, -0.25) is 18.6 Å². The van der Waals surface area contributed by atoms with Gasteiger partial charge < -0.3 is 19.4 Å². The van der Waals surface area contributed by atoms with Crippen LogP contribution in [0.5, 0.6) is 0 Å². The third-order valence-corrected chi connectivity index (χ3v) is 15.1. The van der Waals surface area contributed by atoms with Crippen molar-refractivity contribution in [3.63, 3.8) is 0 Å². The van der Waals surface area contributed by atoms with Crippen molar-refractivity contribution in [1.82, 2.24) is 5.32 Å². The van der Waals surface area contributed by atoms with Gasteiger partial charge in [0.15, 0.2) is 0 Å². The highest BCUT2D eigenvalue weighted by atomic mass is 31.2. The minimum atomic E-state index is -4.44. The average molecular weight is 1050 g/mol. The van der Waals surface area contributed by atoms with E-state index in [0.717, 1.165) is 64.2 Å². The molecule has 430 valence electrons. The van der Waals surface area contributed by atoms with E-state index < -0.39 is 20.0 Å². The molecule has 0 aliphatic carbocycles. The number of esters is 1.